The van der Waals surface area contributed by atoms with Crippen molar-refractivity contribution in [3.63, 3.8) is 0 Å². The Morgan fingerprint density at radius 2 is 1.76 bits per heavy atom. The average molecular weight is 399 g/mol. The summed E-state index contributed by atoms with van der Waals surface area (Å²) in [5, 5.41) is 12.2. The van der Waals surface area contributed by atoms with Gasteiger partial charge < -0.3 is 16.2 Å². The number of pyridine rings is 1. The molecule has 0 spiro atoms. The average Bonchev–Trinajstić information content (AvgIpc) is 2.73. The number of anilines is 2. The third-order valence-corrected chi connectivity index (χ3v) is 5.54. The van der Waals surface area contributed by atoms with Crippen LogP contribution < -0.4 is 16.2 Å². The van der Waals surface area contributed by atoms with E-state index in [1.165, 1.54) is 0 Å². The highest BCUT2D eigenvalue weighted by Crippen LogP contribution is 2.52. The Morgan fingerprint density at radius 3 is 2.52 bits per heavy atom. The number of nitrogens with two attached hydrogens (primary N) is 2. The van der Waals surface area contributed by atoms with Gasteiger partial charge in [0.05, 0.1) is 11.3 Å². The summed E-state index contributed by atoms with van der Waals surface area (Å²) in [6, 6.07) is 21.7. The standard InChI is InChI=1S/C23H15ClN4O/c24-14-8-5-13(6-9-14)18-16-10-7-12-3-1-2-4-15(12)21(16)29-23-19(18)20(26)17(11-25)22(27)28-23/h1-10,18H,(H4,26,27,28)/t18-/m0/s1. The van der Waals surface area contributed by atoms with Crippen LogP contribution in [0.2, 0.25) is 5.02 Å². The molecule has 0 radical (unpaired) electrons. The molecule has 0 aliphatic carbocycles. The fraction of sp³-hybridized carbons (Fsp3) is 0.0435. The van der Waals surface area contributed by atoms with Gasteiger partial charge in [0.2, 0.25) is 5.88 Å². The van der Waals surface area contributed by atoms with Gasteiger partial charge in [0.15, 0.2) is 0 Å². The molecule has 29 heavy (non-hydrogen) atoms. The number of nitrogen functional groups attached to an aromatic ring is 2. The molecule has 0 saturated heterocycles. The van der Waals surface area contributed by atoms with E-state index in [0.717, 1.165) is 21.9 Å². The van der Waals surface area contributed by atoms with Crippen LogP contribution in [0.3, 0.4) is 0 Å². The summed E-state index contributed by atoms with van der Waals surface area (Å²) in [6.45, 7) is 0. The smallest absolute Gasteiger partial charge is 0.227 e. The molecule has 0 unspecified atom stereocenters. The minimum absolute atomic E-state index is 0.0577. The molecule has 0 bridgehead atoms. The lowest BCUT2D eigenvalue weighted by Gasteiger charge is -2.30. The highest BCUT2D eigenvalue weighted by Gasteiger charge is 2.34. The van der Waals surface area contributed by atoms with E-state index < -0.39 is 0 Å². The predicted octanol–water partition coefficient (Wildman–Crippen LogP) is 5.21. The molecule has 4 aromatic rings. The number of fused-ring (bicyclic) bond motifs is 4. The molecule has 1 aliphatic heterocycles. The van der Waals surface area contributed by atoms with Crippen molar-refractivity contribution in [2.45, 2.75) is 5.92 Å². The van der Waals surface area contributed by atoms with Gasteiger partial charge in [-0.05, 0) is 23.1 Å². The van der Waals surface area contributed by atoms with Gasteiger partial charge in [0, 0.05) is 21.9 Å². The second kappa shape index (κ2) is 6.40. The number of nitrogens with zero attached hydrogens (tertiary/aromatic N) is 2. The summed E-state index contributed by atoms with van der Waals surface area (Å²) in [7, 11) is 0. The molecule has 4 N–H and O–H groups in total. The van der Waals surface area contributed by atoms with E-state index in [-0.39, 0.29) is 23.0 Å². The summed E-state index contributed by atoms with van der Waals surface area (Å²) in [5.41, 5.74) is 15.4. The van der Waals surface area contributed by atoms with Crippen molar-refractivity contribution in [3.05, 3.63) is 87.9 Å². The van der Waals surface area contributed by atoms with E-state index in [2.05, 4.69) is 17.1 Å². The zero-order valence-electron chi connectivity index (χ0n) is 15.2. The molecule has 140 valence electrons. The molecule has 0 saturated carbocycles. The fourth-order valence-electron chi connectivity index (χ4n) is 3.94. The number of nitriles is 1. The van der Waals surface area contributed by atoms with Crippen molar-refractivity contribution >= 4 is 33.9 Å². The van der Waals surface area contributed by atoms with Crippen molar-refractivity contribution in [2.24, 2.45) is 0 Å². The molecule has 6 heteroatoms. The van der Waals surface area contributed by atoms with Crippen LogP contribution >= 0.6 is 11.6 Å². The Morgan fingerprint density at radius 1 is 1.00 bits per heavy atom. The van der Waals surface area contributed by atoms with Gasteiger partial charge in [0.25, 0.3) is 0 Å². The first kappa shape index (κ1) is 17.4. The first-order chi connectivity index (χ1) is 14.1. The second-order valence-corrected chi connectivity index (χ2v) is 7.34. The second-order valence-electron chi connectivity index (χ2n) is 6.91. The number of ether oxygens (including phenoxy) is 1. The van der Waals surface area contributed by atoms with Crippen molar-refractivity contribution in [1.82, 2.24) is 4.98 Å². The number of hydrogen-bond acceptors (Lipinski definition) is 5. The summed E-state index contributed by atoms with van der Waals surface area (Å²) in [5.74, 6) is 0.826. The van der Waals surface area contributed by atoms with Crippen LogP contribution in [0.1, 0.15) is 28.2 Å². The number of rotatable bonds is 1. The lowest BCUT2D eigenvalue weighted by atomic mass is 9.81. The van der Waals surface area contributed by atoms with Crippen LogP contribution in [0.5, 0.6) is 11.6 Å². The largest absolute Gasteiger partial charge is 0.438 e. The lowest BCUT2D eigenvalue weighted by molar-refractivity contribution is 0.440. The van der Waals surface area contributed by atoms with E-state index >= 15 is 0 Å². The van der Waals surface area contributed by atoms with Crippen LogP contribution in [-0.4, -0.2) is 4.98 Å². The third-order valence-electron chi connectivity index (χ3n) is 5.29. The van der Waals surface area contributed by atoms with E-state index in [1.807, 2.05) is 54.6 Å². The van der Waals surface area contributed by atoms with Gasteiger partial charge in [-0.25, -0.2) is 0 Å². The fourth-order valence-corrected chi connectivity index (χ4v) is 4.07. The summed E-state index contributed by atoms with van der Waals surface area (Å²) in [4.78, 5) is 4.37. The Kier molecular flexibility index (Phi) is 3.83. The molecule has 0 amide bonds. The first-order valence-electron chi connectivity index (χ1n) is 9.02. The van der Waals surface area contributed by atoms with Crippen molar-refractivity contribution in [3.8, 4) is 17.7 Å². The van der Waals surface area contributed by atoms with Crippen LogP contribution in [-0.2, 0) is 0 Å². The summed E-state index contributed by atoms with van der Waals surface area (Å²) < 4.78 is 6.22. The lowest BCUT2D eigenvalue weighted by Crippen LogP contribution is -2.17. The van der Waals surface area contributed by atoms with Gasteiger partial charge >= 0.3 is 0 Å². The van der Waals surface area contributed by atoms with E-state index in [9.17, 15) is 5.26 Å². The molecule has 1 atom stereocenters. The SMILES string of the molecule is N#Cc1c(N)nc2c(c1N)[C@@H](c1ccc(Cl)cc1)c1ccc3ccccc3c1O2. The molecular weight excluding hydrogens is 384 g/mol. The minimum atomic E-state index is -0.268. The summed E-state index contributed by atoms with van der Waals surface area (Å²) >= 11 is 6.11. The number of benzene rings is 3. The Bertz CT molecular complexity index is 1330. The van der Waals surface area contributed by atoms with E-state index in [1.54, 1.807) is 0 Å². The van der Waals surface area contributed by atoms with Gasteiger partial charge in [0.1, 0.15) is 23.2 Å². The molecule has 2 heterocycles. The van der Waals surface area contributed by atoms with E-state index in [0.29, 0.717) is 22.2 Å². The topological polar surface area (TPSA) is 98.0 Å². The number of halogens is 1. The predicted molar refractivity (Wildman–Crippen MR) is 114 cm³/mol. The van der Waals surface area contributed by atoms with Crippen molar-refractivity contribution in [1.29, 1.82) is 5.26 Å². The van der Waals surface area contributed by atoms with Gasteiger partial charge in [-0.3, -0.25) is 0 Å². The highest BCUT2D eigenvalue weighted by molar-refractivity contribution is 6.30. The van der Waals surface area contributed by atoms with Crippen LogP contribution in [0.25, 0.3) is 10.8 Å². The van der Waals surface area contributed by atoms with Gasteiger partial charge in [-0.1, -0.05) is 60.1 Å². The molecule has 5 nitrogen and oxygen atoms in total. The zero-order chi connectivity index (χ0) is 20.1. The molecule has 5 rings (SSSR count). The van der Waals surface area contributed by atoms with Gasteiger partial charge in [-0.2, -0.15) is 10.2 Å². The maximum atomic E-state index is 9.52. The normalized spacial score (nSPS) is 14.6. The monoisotopic (exact) mass is 398 g/mol. The van der Waals surface area contributed by atoms with Crippen molar-refractivity contribution in [2.75, 3.05) is 11.5 Å². The molecule has 3 aromatic carbocycles. The molecule has 1 aromatic heterocycles. The minimum Gasteiger partial charge on any atom is -0.438 e. The molecular formula is C23H15ClN4O. The van der Waals surface area contributed by atoms with Crippen LogP contribution in [0, 0.1) is 11.3 Å². The molecule has 0 fully saturated rings. The Hall–Kier alpha value is -3.75. The summed E-state index contributed by atoms with van der Waals surface area (Å²) in [6.07, 6.45) is 0. The van der Waals surface area contributed by atoms with Crippen LogP contribution in [0.4, 0.5) is 11.5 Å². The highest BCUT2D eigenvalue weighted by atomic mass is 35.5. The van der Waals surface area contributed by atoms with E-state index in [4.69, 9.17) is 27.8 Å². The third kappa shape index (κ3) is 2.58. The molecule has 1 aliphatic rings. The maximum absolute atomic E-state index is 9.52. The van der Waals surface area contributed by atoms with Crippen LogP contribution in [0.15, 0.2) is 60.7 Å². The quantitative estimate of drug-likeness (QED) is 0.404. The zero-order valence-corrected chi connectivity index (χ0v) is 15.9. The maximum Gasteiger partial charge on any atom is 0.227 e. The first-order valence-corrected chi connectivity index (χ1v) is 9.40. The number of aromatic nitrogens is 1. The Balaban J connectivity index is 1.87. The number of hydrogen-bond donors (Lipinski definition) is 2. The van der Waals surface area contributed by atoms with Crippen molar-refractivity contribution < 1.29 is 4.74 Å². The van der Waals surface area contributed by atoms with Gasteiger partial charge in [-0.15, -0.1) is 0 Å². The Labute approximate surface area is 172 Å².